The topological polar surface area (TPSA) is 29.9 Å². The summed E-state index contributed by atoms with van der Waals surface area (Å²) in [4.78, 5) is 0. The van der Waals surface area contributed by atoms with Gasteiger partial charge in [0.2, 0.25) is 0 Å². The van der Waals surface area contributed by atoms with E-state index in [0.29, 0.717) is 0 Å². The second-order valence-corrected chi connectivity index (χ2v) is 5.24. The fraction of sp³-hybridized carbons (Fsp3) is 0.222. The lowest BCUT2D eigenvalue weighted by Crippen LogP contribution is -2.03. The van der Waals surface area contributed by atoms with E-state index < -0.39 is 0 Å². The van der Waals surface area contributed by atoms with Crippen molar-refractivity contribution in [1.82, 2.24) is 9.78 Å². The lowest BCUT2D eigenvalue weighted by molar-refractivity contribution is 0.769. The zero-order valence-electron chi connectivity index (χ0n) is 7.70. The SMILES string of the molecule is Cn1nccc1NCc1csc(Br)c1. The Kier molecular flexibility index (Phi) is 2.88. The Balaban J connectivity index is 1.98. The first kappa shape index (κ1) is 9.73. The van der Waals surface area contributed by atoms with Crippen LogP contribution in [0.5, 0.6) is 0 Å². The van der Waals surface area contributed by atoms with Crippen LogP contribution in [-0.2, 0) is 13.6 Å². The van der Waals surface area contributed by atoms with Gasteiger partial charge in [-0.05, 0) is 32.9 Å². The molecule has 0 fully saturated rings. The summed E-state index contributed by atoms with van der Waals surface area (Å²) >= 11 is 5.14. The average Bonchev–Trinajstić information content (AvgIpc) is 2.72. The monoisotopic (exact) mass is 271 g/mol. The van der Waals surface area contributed by atoms with Gasteiger partial charge in [0, 0.05) is 19.7 Å². The molecule has 0 saturated carbocycles. The molecule has 0 saturated heterocycles. The molecule has 2 aromatic heterocycles. The Bertz CT molecular complexity index is 421. The van der Waals surface area contributed by atoms with E-state index in [0.717, 1.165) is 12.4 Å². The van der Waals surface area contributed by atoms with Crippen molar-refractivity contribution in [2.24, 2.45) is 7.05 Å². The maximum atomic E-state index is 4.08. The van der Waals surface area contributed by atoms with Crippen molar-refractivity contribution < 1.29 is 0 Å². The smallest absolute Gasteiger partial charge is 0.124 e. The van der Waals surface area contributed by atoms with E-state index in [2.05, 4.69) is 37.8 Å². The molecule has 2 heterocycles. The highest BCUT2D eigenvalue weighted by Gasteiger charge is 1.99. The average molecular weight is 272 g/mol. The van der Waals surface area contributed by atoms with E-state index in [1.54, 1.807) is 17.5 Å². The summed E-state index contributed by atoms with van der Waals surface area (Å²) in [6.45, 7) is 0.835. The molecule has 0 aliphatic carbocycles. The number of hydrogen-bond donors (Lipinski definition) is 1. The zero-order valence-corrected chi connectivity index (χ0v) is 10.1. The third-order valence-corrected chi connectivity index (χ3v) is 3.47. The van der Waals surface area contributed by atoms with Gasteiger partial charge in [-0.2, -0.15) is 5.10 Å². The summed E-state index contributed by atoms with van der Waals surface area (Å²) in [7, 11) is 1.92. The number of halogens is 1. The fourth-order valence-corrected chi connectivity index (χ4v) is 2.39. The predicted octanol–water partition coefficient (Wildman–Crippen LogP) is 2.86. The first-order chi connectivity index (χ1) is 6.75. The van der Waals surface area contributed by atoms with Crippen LogP contribution >= 0.6 is 27.3 Å². The molecule has 0 aliphatic heterocycles. The van der Waals surface area contributed by atoms with Crippen LogP contribution in [0.15, 0.2) is 27.5 Å². The molecular weight excluding hydrogens is 262 g/mol. The lowest BCUT2D eigenvalue weighted by atomic mass is 10.3. The third kappa shape index (κ3) is 2.16. The minimum atomic E-state index is 0.835. The number of rotatable bonds is 3. The van der Waals surface area contributed by atoms with Crippen molar-refractivity contribution >= 4 is 33.1 Å². The molecule has 5 heteroatoms. The Labute approximate surface area is 94.9 Å². The van der Waals surface area contributed by atoms with Gasteiger partial charge in [0.25, 0.3) is 0 Å². The summed E-state index contributed by atoms with van der Waals surface area (Å²) in [5, 5.41) is 9.52. The van der Waals surface area contributed by atoms with Crippen LogP contribution in [0, 0.1) is 0 Å². The first-order valence-electron chi connectivity index (χ1n) is 4.20. The second-order valence-electron chi connectivity index (χ2n) is 2.95. The van der Waals surface area contributed by atoms with Crippen LogP contribution < -0.4 is 5.32 Å². The molecule has 0 atom stereocenters. The summed E-state index contributed by atoms with van der Waals surface area (Å²) in [5.41, 5.74) is 1.28. The van der Waals surface area contributed by atoms with E-state index in [-0.39, 0.29) is 0 Å². The van der Waals surface area contributed by atoms with Gasteiger partial charge in [0.15, 0.2) is 0 Å². The molecule has 0 radical (unpaired) electrons. The Morgan fingerprint density at radius 2 is 2.50 bits per heavy atom. The highest BCUT2D eigenvalue weighted by atomic mass is 79.9. The molecule has 0 unspecified atom stereocenters. The number of nitrogens with zero attached hydrogens (tertiary/aromatic N) is 2. The van der Waals surface area contributed by atoms with Crippen molar-refractivity contribution in [3.63, 3.8) is 0 Å². The van der Waals surface area contributed by atoms with E-state index in [4.69, 9.17) is 0 Å². The summed E-state index contributed by atoms with van der Waals surface area (Å²) in [6, 6.07) is 4.08. The number of aromatic nitrogens is 2. The van der Waals surface area contributed by atoms with Crippen molar-refractivity contribution in [2.45, 2.75) is 6.54 Å². The minimum absolute atomic E-state index is 0.835. The summed E-state index contributed by atoms with van der Waals surface area (Å²) in [5.74, 6) is 1.03. The highest BCUT2D eigenvalue weighted by molar-refractivity contribution is 9.11. The molecule has 1 N–H and O–H groups in total. The highest BCUT2D eigenvalue weighted by Crippen LogP contribution is 2.21. The predicted molar refractivity (Wildman–Crippen MR) is 62.6 cm³/mol. The Morgan fingerprint density at radius 1 is 1.64 bits per heavy atom. The molecular formula is C9H10BrN3S. The van der Waals surface area contributed by atoms with Gasteiger partial charge in [-0.25, -0.2) is 0 Å². The third-order valence-electron chi connectivity index (χ3n) is 1.92. The van der Waals surface area contributed by atoms with Crippen LogP contribution in [0.2, 0.25) is 0 Å². The molecule has 0 aliphatic rings. The van der Waals surface area contributed by atoms with Gasteiger partial charge in [-0.15, -0.1) is 11.3 Å². The Hall–Kier alpha value is -0.810. The Morgan fingerprint density at radius 3 is 3.07 bits per heavy atom. The van der Waals surface area contributed by atoms with Crippen molar-refractivity contribution in [3.8, 4) is 0 Å². The van der Waals surface area contributed by atoms with Gasteiger partial charge in [0.1, 0.15) is 5.82 Å². The van der Waals surface area contributed by atoms with E-state index >= 15 is 0 Å². The quantitative estimate of drug-likeness (QED) is 0.931. The van der Waals surface area contributed by atoms with Crippen LogP contribution in [0.4, 0.5) is 5.82 Å². The van der Waals surface area contributed by atoms with Crippen molar-refractivity contribution in [1.29, 1.82) is 0 Å². The molecule has 0 aromatic carbocycles. The normalized spacial score (nSPS) is 10.4. The van der Waals surface area contributed by atoms with E-state index in [1.807, 2.05) is 17.8 Å². The van der Waals surface area contributed by atoms with Crippen molar-refractivity contribution in [3.05, 3.63) is 33.1 Å². The molecule has 3 nitrogen and oxygen atoms in total. The van der Waals surface area contributed by atoms with Crippen molar-refractivity contribution in [2.75, 3.05) is 5.32 Å². The molecule has 0 spiro atoms. The molecule has 2 aromatic rings. The molecule has 74 valence electrons. The number of nitrogens with one attached hydrogen (secondary N) is 1. The molecule has 2 rings (SSSR count). The van der Waals surface area contributed by atoms with E-state index in [1.165, 1.54) is 9.35 Å². The zero-order chi connectivity index (χ0) is 9.97. The second kappa shape index (κ2) is 4.14. The molecule has 0 bridgehead atoms. The number of hydrogen-bond acceptors (Lipinski definition) is 3. The fourth-order valence-electron chi connectivity index (χ4n) is 1.18. The largest absolute Gasteiger partial charge is 0.366 e. The van der Waals surface area contributed by atoms with Gasteiger partial charge in [-0.3, -0.25) is 4.68 Å². The van der Waals surface area contributed by atoms with Crippen LogP contribution in [0.3, 0.4) is 0 Å². The minimum Gasteiger partial charge on any atom is -0.366 e. The van der Waals surface area contributed by atoms with Gasteiger partial charge in [0.05, 0.1) is 9.98 Å². The molecule has 0 amide bonds. The van der Waals surface area contributed by atoms with Gasteiger partial charge in [-0.1, -0.05) is 0 Å². The van der Waals surface area contributed by atoms with Crippen LogP contribution in [0.25, 0.3) is 0 Å². The lowest BCUT2D eigenvalue weighted by Gasteiger charge is -2.03. The van der Waals surface area contributed by atoms with Crippen LogP contribution in [-0.4, -0.2) is 9.78 Å². The van der Waals surface area contributed by atoms with Crippen LogP contribution in [0.1, 0.15) is 5.56 Å². The van der Waals surface area contributed by atoms with Gasteiger partial charge < -0.3 is 5.32 Å². The summed E-state index contributed by atoms with van der Waals surface area (Å²) < 4.78 is 2.99. The maximum absolute atomic E-state index is 4.08. The standard InChI is InChI=1S/C9H10BrN3S/c1-13-9(2-3-12-13)11-5-7-4-8(10)14-6-7/h2-4,6,11H,5H2,1H3. The summed E-state index contributed by atoms with van der Waals surface area (Å²) in [6.07, 6.45) is 1.78. The molecule has 14 heavy (non-hydrogen) atoms. The first-order valence-corrected chi connectivity index (χ1v) is 5.88. The van der Waals surface area contributed by atoms with Gasteiger partial charge >= 0.3 is 0 Å². The maximum Gasteiger partial charge on any atom is 0.124 e. The number of aryl methyl sites for hydroxylation is 1. The number of anilines is 1. The van der Waals surface area contributed by atoms with E-state index in [9.17, 15) is 0 Å². The number of thiophene rings is 1.